The first-order chi connectivity index (χ1) is 13.7. The van der Waals surface area contributed by atoms with Crippen LogP contribution in [0.1, 0.15) is 13.8 Å². The first-order valence-corrected chi connectivity index (χ1v) is 11.2. The Balaban J connectivity index is 2.14. The fourth-order valence-electron chi connectivity index (χ4n) is 3.53. The SMILES string of the molecule is C[C@@H]1CN([C@H](C)CO)S(=O)(=O)c2ccc(-c3ccncc3)cc2O[C@@H]1CN(C)C. The van der Waals surface area contributed by atoms with Gasteiger partial charge in [-0.15, -0.1) is 0 Å². The molecule has 1 aliphatic rings. The highest BCUT2D eigenvalue weighted by atomic mass is 32.2. The van der Waals surface area contributed by atoms with Crippen LogP contribution in [0.15, 0.2) is 47.6 Å². The maximum Gasteiger partial charge on any atom is 0.247 e. The summed E-state index contributed by atoms with van der Waals surface area (Å²) in [4.78, 5) is 6.20. The number of aromatic nitrogens is 1. The first kappa shape index (κ1) is 21.7. The van der Waals surface area contributed by atoms with Crippen LogP contribution in [0.4, 0.5) is 0 Å². The minimum atomic E-state index is -3.82. The number of likely N-dealkylation sites (N-methyl/N-ethyl adjacent to an activating group) is 1. The van der Waals surface area contributed by atoms with Crippen molar-refractivity contribution in [3.63, 3.8) is 0 Å². The van der Waals surface area contributed by atoms with Crippen LogP contribution in [0.3, 0.4) is 0 Å². The monoisotopic (exact) mass is 419 g/mol. The van der Waals surface area contributed by atoms with Gasteiger partial charge in [0.1, 0.15) is 16.7 Å². The lowest BCUT2D eigenvalue weighted by molar-refractivity contribution is 0.0813. The molecular weight excluding hydrogens is 390 g/mol. The second-order valence-electron chi connectivity index (χ2n) is 7.90. The quantitative estimate of drug-likeness (QED) is 0.799. The van der Waals surface area contributed by atoms with E-state index in [9.17, 15) is 13.5 Å². The molecule has 3 atom stereocenters. The van der Waals surface area contributed by atoms with E-state index in [1.54, 1.807) is 37.5 Å². The minimum absolute atomic E-state index is 0.0566. The zero-order valence-electron chi connectivity index (χ0n) is 17.3. The molecule has 0 unspecified atom stereocenters. The molecule has 2 heterocycles. The molecule has 1 N–H and O–H groups in total. The van der Waals surface area contributed by atoms with Gasteiger partial charge < -0.3 is 14.7 Å². The summed E-state index contributed by atoms with van der Waals surface area (Å²) in [6, 6.07) is 8.39. The summed E-state index contributed by atoms with van der Waals surface area (Å²) in [5, 5.41) is 9.67. The lowest BCUT2D eigenvalue weighted by atomic mass is 10.0. The largest absolute Gasteiger partial charge is 0.487 e. The molecule has 1 aliphatic heterocycles. The molecule has 0 saturated heterocycles. The number of aliphatic hydroxyl groups excluding tert-OH is 1. The average Bonchev–Trinajstić information content (AvgIpc) is 2.70. The highest BCUT2D eigenvalue weighted by molar-refractivity contribution is 7.89. The van der Waals surface area contributed by atoms with E-state index >= 15 is 0 Å². The van der Waals surface area contributed by atoms with Gasteiger partial charge in [-0.3, -0.25) is 4.98 Å². The highest BCUT2D eigenvalue weighted by Gasteiger charge is 2.37. The minimum Gasteiger partial charge on any atom is -0.487 e. The van der Waals surface area contributed by atoms with E-state index in [0.29, 0.717) is 12.3 Å². The van der Waals surface area contributed by atoms with Crippen LogP contribution < -0.4 is 4.74 Å². The summed E-state index contributed by atoms with van der Waals surface area (Å²) in [5.74, 6) is 0.284. The molecule has 2 aromatic rings. The number of fused-ring (bicyclic) bond motifs is 1. The van der Waals surface area contributed by atoms with Crippen LogP contribution in [0.25, 0.3) is 11.1 Å². The predicted octanol–water partition coefficient (Wildman–Crippen LogP) is 2.08. The topological polar surface area (TPSA) is 83.0 Å². The van der Waals surface area contributed by atoms with Gasteiger partial charge in [-0.05, 0) is 56.4 Å². The van der Waals surface area contributed by atoms with Crippen LogP contribution in [-0.4, -0.2) is 73.7 Å². The maximum atomic E-state index is 13.4. The smallest absolute Gasteiger partial charge is 0.247 e. The van der Waals surface area contributed by atoms with Crippen LogP contribution in [0, 0.1) is 5.92 Å². The average molecular weight is 420 g/mol. The molecule has 1 aromatic heterocycles. The molecule has 0 bridgehead atoms. The Morgan fingerprint density at radius 1 is 1.24 bits per heavy atom. The standard InChI is InChI=1S/C21H29N3O4S/c1-15-12-24(16(2)14-25)29(26,27)21-6-5-18(17-7-9-22-10-8-17)11-19(21)28-20(15)13-23(3)4/h5-11,15-16,20,25H,12-14H2,1-4H3/t15-,16-,20-/m1/s1. The Labute approximate surface area is 173 Å². The first-order valence-electron chi connectivity index (χ1n) is 9.72. The number of hydrogen-bond acceptors (Lipinski definition) is 6. The van der Waals surface area contributed by atoms with Crippen LogP contribution in [0.2, 0.25) is 0 Å². The maximum absolute atomic E-state index is 13.4. The number of pyridine rings is 1. The van der Waals surface area contributed by atoms with Crippen LogP contribution in [0.5, 0.6) is 5.75 Å². The molecule has 0 saturated carbocycles. The fourth-order valence-corrected chi connectivity index (χ4v) is 5.35. The van der Waals surface area contributed by atoms with E-state index in [2.05, 4.69) is 4.98 Å². The zero-order chi connectivity index (χ0) is 21.2. The normalized spacial score (nSPS) is 23.0. The molecule has 29 heavy (non-hydrogen) atoms. The summed E-state index contributed by atoms with van der Waals surface area (Å²) < 4.78 is 34.5. The van der Waals surface area contributed by atoms with Crippen molar-refractivity contribution in [3.8, 4) is 16.9 Å². The Hall–Kier alpha value is -2.00. The van der Waals surface area contributed by atoms with Crippen molar-refractivity contribution < 1.29 is 18.3 Å². The number of ether oxygens (including phenoxy) is 1. The Kier molecular flexibility index (Phi) is 6.58. The number of hydrogen-bond donors (Lipinski definition) is 1. The summed E-state index contributed by atoms with van der Waals surface area (Å²) in [6.45, 7) is 4.41. The summed E-state index contributed by atoms with van der Waals surface area (Å²) in [6.07, 6.45) is 3.21. The number of benzene rings is 1. The lowest BCUT2D eigenvalue weighted by Crippen LogP contribution is -2.49. The molecule has 7 nitrogen and oxygen atoms in total. The van der Waals surface area contributed by atoms with Crippen molar-refractivity contribution in [2.75, 3.05) is 33.8 Å². The van der Waals surface area contributed by atoms with E-state index in [0.717, 1.165) is 11.1 Å². The van der Waals surface area contributed by atoms with E-state index < -0.39 is 16.1 Å². The van der Waals surface area contributed by atoms with Gasteiger partial charge in [0, 0.05) is 37.4 Å². The third-order valence-corrected chi connectivity index (χ3v) is 7.25. The Morgan fingerprint density at radius 3 is 2.55 bits per heavy atom. The van der Waals surface area contributed by atoms with Gasteiger partial charge in [-0.2, -0.15) is 4.31 Å². The highest BCUT2D eigenvalue weighted by Crippen LogP contribution is 2.36. The zero-order valence-corrected chi connectivity index (χ0v) is 18.1. The van der Waals surface area contributed by atoms with E-state index in [-0.39, 0.29) is 30.1 Å². The van der Waals surface area contributed by atoms with Gasteiger partial charge in [-0.1, -0.05) is 13.0 Å². The van der Waals surface area contributed by atoms with Gasteiger partial charge >= 0.3 is 0 Å². The van der Waals surface area contributed by atoms with Crippen LogP contribution in [-0.2, 0) is 10.0 Å². The second-order valence-corrected chi connectivity index (χ2v) is 9.76. The summed E-state index contributed by atoms with van der Waals surface area (Å²) >= 11 is 0. The number of nitrogens with zero attached hydrogens (tertiary/aromatic N) is 3. The van der Waals surface area contributed by atoms with Gasteiger partial charge in [0.2, 0.25) is 10.0 Å². The van der Waals surface area contributed by atoms with E-state index in [1.165, 1.54) is 4.31 Å². The third kappa shape index (κ3) is 4.61. The lowest BCUT2D eigenvalue weighted by Gasteiger charge is -2.37. The molecule has 3 rings (SSSR count). The van der Waals surface area contributed by atoms with Crippen molar-refractivity contribution in [1.82, 2.24) is 14.2 Å². The van der Waals surface area contributed by atoms with Gasteiger partial charge in [0.05, 0.1) is 6.61 Å². The molecule has 0 aliphatic carbocycles. The van der Waals surface area contributed by atoms with Crippen molar-refractivity contribution in [3.05, 3.63) is 42.7 Å². The van der Waals surface area contributed by atoms with Crippen LogP contribution >= 0.6 is 0 Å². The number of rotatable bonds is 5. The Bertz CT molecular complexity index is 934. The van der Waals surface area contributed by atoms with Crippen molar-refractivity contribution >= 4 is 10.0 Å². The second kappa shape index (κ2) is 8.79. The fraction of sp³-hybridized carbons (Fsp3) is 0.476. The Morgan fingerprint density at radius 2 is 1.93 bits per heavy atom. The molecular formula is C21H29N3O4S. The third-order valence-electron chi connectivity index (χ3n) is 5.23. The summed E-state index contributed by atoms with van der Waals surface area (Å²) in [7, 11) is 0.117. The number of sulfonamides is 1. The molecule has 0 radical (unpaired) electrons. The van der Waals surface area contributed by atoms with Gasteiger partial charge in [0.25, 0.3) is 0 Å². The molecule has 158 valence electrons. The van der Waals surface area contributed by atoms with Crippen molar-refractivity contribution in [2.24, 2.45) is 5.92 Å². The van der Waals surface area contributed by atoms with Crippen molar-refractivity contribution in [1.29, 1.82) is 0 Å². The predicted molar refractivity (Wildman–Crippen MR) is 112 cm³/mol. The molecule has 1 aromatic carbocycles. The molecule has 0 spiro atoms. The van der Waals surface area contributed by atoms with E-state index in [4.69, 9.17) is 4.74 Å². The summed E-state index contributed by atoms with van der Waals surface area (Å²) in [5.41, 5.74) is 1.79. The van der Waals surface area contributed by atoms with Gasteiger partial charge in [-0.25, -0.2) is 8.42 Å². The van der Waals surface area contributed by atoms with Gasteiger partial charge in [0.15, 0.2) is 0 Å². The molecule has 8 heteroatoms. The molecule has 0 amide bonds. The van der Waals surface area contributed by atoms with E-state index in [1.807, 2.05) is 38.1 Å². The van der Waals surface area contributed by atoms with Crippen molar-refractivity contribution in [2.45, 2.75) is 30.9 Å². The number of aliphatic hydroxyl groups is 1. The molecule has 0 fully saturated rings.